The Morgan fingerprint density at radius 1 is 0.936 bits per heavy atom. The van der Waals surface area contributed by atoms with E-state index in [4.69, 9.17) is 5.73 Å². The lowest BCUT2D eigenvalue weighted by Crippen LogP contribution is -2.61. The van der Waals surface area contributed by atoms with Crippen molar-refractivity contribution in [1.82, 2.24) is 20.9 Å². The van der Waals surface area contributed by atoms with Crippen LogP contribution in [0.3, 0.4) is 0 Å². The minimum atomic E-state index is -1.06. The van der Waals surface area contributed by atoms with Gasteiger partial charge in [-0.2, -0.15) is 0 Å². The molecule has 4 fully saturated rings. The van der Waals surface area contributed by atoms with Crippen LogP contribution in [0.2, 0.25) is 0 Å². The summed E-state index contributed by atoms with van der Waals surface area (Å²) < 4.78 is 0. The number of likely N-dealkylation sites (tertiary alicyclic amines) is 1. The van der Waals surface area contributed by atoms with E-state index >= 15 is 0 Å². The van der Waals surface area contributed by atoms with Crippen LogP contribution in [0.15, 0.2) is 30.3 Å². The molecule has 0 aromatic heterocycles. The van der Waals surface area contributed by atoms with Crippen molar-refractivity contribution in [2.75, 3.05) is 6.54 Å². The van der Waals surface area contributed by atoms with Crippen molar-refractivity contribution in [3.8, 4) is 0 Å². The van der Waals surface area contributed by atoms with Gasteiger partial charge in [0.15, 0.2) is 0 Å². The zero-order chi connectivity index (χ0) is 33.9. The van der Waals surface area contributed by atoms with Crippen LogP contribution in [-0.2, 0) is 25.6 Å². The number of hydrogen-bond acceptors (Lipinski definition) is 5. The minimum absolute atomic E-state index is 0.0229. The number of primary amides is 1. The summed E-state index contributed by atoms with van der Waals surface area (Å²) in [6.45, 7) is 8.83. The van der Waals surface area contributed by atoms with E-state index in [-0.39, 0.29) is 53.0 Å². The maximum atomic E-state index is 14.5. The molecule has 5 rings (SSSR count). The van der Waals surface area contributed by atoms with Crippen LogP contribution < -0.4 is 21.7 Å². The number of amides is 5. The summed E-state index contributed by atoms with van der Waals surface area (Å²) in [4.78, 5) is 68.2. The van der Waals surface area contributed by atoms with Crippen LogP contribution in [-0.4, -0.2) is 65.1 Å². The second kappa shape index (κ2) is 14.8. The maximum Gasteiger partial charge on any atom is 0.315 e. The second-order valence-electron chi connectivity index (χ2n) is 15.6. The van der Waals surface area contributed by atoms with Crippen LogP contribution in [0.4, 0.5) is 4.79 Å². The summed E-state index contributed by atoms with van der Waals surface area (Å²) in [6, 6.07) is 7.40. The Morgan fingerprint density at radius 2 is 1.62 bits per heavy atom. The number of carbonyl (C=O) groups excluding carboxylic acids is 5. The molecule has 2 unspecified atom stereocenters. The summed E-state index contributed by atoms with van der Waals surface area (Å²) in [5, 5.41) is 9.10. The van der Waals surface area contributed by atoms with Gasteiger partial charge in [-0.3, -0.25) is 19.2 Å². The Bertz CT molecular complexity index is 1310. The number of nitrogens with two attached hydrogens (primary N) is 1. The summed E-state index contributed by atoms with van der Waals surface area (Å²) >= 11 is 0. The number of fused-ring (bicyclic) bond motifs is 1. The minimum Gasteiger partial charge on any atom is -0.363 e. The van der Waals surface area contributed by atoms with E-state index in [1.807, 2.05) is 18.2 Å². The lowest BCUT2D eigenvalue weighted by molar-refractivity contribution is -0.144. The van der Waals surface area contributed by atoms with Crippen molar-refractivity contribution in [2.24, 2.45) is 40.7 Å². The van der Waals surface area contributed by atoms with Gasteiger partial charge >= 0.3 is 6.03 Å². The fraction of sp³-hybridized carbons (Fsp3) is 0.703. The molecular weight excluding hydrogens is 594 g/mol. The zero-order valence-electron chi connectivity index (χ0n) is 28.6. The number of nitrogens with zero attached hydrogens (tertiary/aromatic N) is 1. The molecule has 5 N–H and O–H groups in total. The quantitative estimate of drug-likeness (QED) is 0.211. The van der Waals surface area contributed by atoms with Gasteiger partial charge < -0.3 is 26.6 Å². The van der Waals surface area contributed by atoms with Gasteiger partial charge in [0.1, 0.15) is 12.1 Å². The molecule has 1 heterocycles. The number of carbonyl (C=O) groups is 5. The Kier molecular flexibility index (Phi) is 11.0. The summed E-state index contributed by atoms with van der Waals surface area (Å²) in [6.07, 6.45) is 9.71. The molecule has 3 aliphatic carbocycles. The lowest BCUT2D eigenvalue weighted by atomic mass is 9.83. The predicted molar refractivity (Wildman–Crippen MR) is 180 cm³/mol. The van der Waals surface area contributed by atoms with E-state index in [2.05, 4.69) is 55.8 Å². The first-order valence-electron chi connectivity index (χ1n) is 17.9. The molecule has 1 aromatic rings. The molecule has 47 heavy (non-hydrogen) atoms. The zero-order valence-corrected chi connectivity index (χ0v) is 28.6. The SMILES string of the molecule is CC(C)[C@@H](CCCc1ccccc1)NC(=O)N[C@H](C(=O)N1CC2[C@@H]([C@H]1C(=O)NC(CC1CC1)C(=O)C(N)=O)C2(C)C)C1CCCCC1. The first-order valence-corrected chi connectivity index (χ1v) is 17.9. The van der Waals surface area contributed by atoms with Crippen LogP contribution in [0, 0.1) is 35.0 Å². The Labute approximate surface area is 279 Å². The maximum absolute atomic E-state index is 14.5. The van der Waals surface area contributed by atoms with E-state index < -0.39 is 35.7 Å². The van der Waals surface area contributed by atoms with Crippen LogP contribution >= 0.6 is 0 Å². The monoisotopic (exact) mass is 649 g/mol. The van der Waals surface area contributed by atoms with E-state index in [1.54, 1.807) is 4.90 Å². The van der Waals surface area contributed by atoms with Crippen molar-refractivity contribution in [1.29, 1.82) is 0 Å². The molecule has 0 bridgehead atoms. The number of ketones is 1. The van der Waals surface area contributed by atoms with Crippen LogP contribution in [0.1, 0.15) is 97.5 Å². The number of urea groups is 1. The third-order valence-electron chi connectivity index (χ3n) is 11.5. The van der Waals surface area contributed by atoms with Crippen molar-refractivity contribution in [3.05, 3.63) is 35.9 Å². The number of aryl methyl sites for hydroxylation is 1. The molecule has 10 heteroatoms. The highest BCUT2D eigenvalue weighted by Gasteiger charge is 2.69. The average Bonchev–Trinajstić information content (AvgIpc) is 3.90. The first-order chi connectivity index (χ1) is 22.4. The van der Waals surface area contributed by atoms with E-state index in [0.29, 0.717) is 13.0 Å². The van der Waals surface area contributed by atoms with Crippen LogP contribution in [0.25, 0.3) is 0 Å². The van der Waals surface area contributed by atoms with Crippen LogP contribution in [0.5, 0.6) is 0 Å². The van der Waals surface area contributed by atoms with E-state index in [0.717, 1.165) is 64.2 Å². The smallest absolute Gasteiger partial charge is 0.315 e. The fourth-order valence-corrected chi connectivity index (χ4v) is 8.28. The lowest BCUT2D eigenvalue weighted by Gasteiger charge is -2.37. The molecule has 1 saturated heterocycles. The second-order valence-corrected chi connectivity index (χ2v) is 15.6. The topological polar surface area (TPSA) is 151 Å². The van der Waals surface area contributed by atoms with Gasteiger partial charge in [-0.1, -0.05) is 90.1 Å². The third kappa shape index (κ3) is 8.36. The summed E-state index contributed by atoms with van der Waals surface area (Å²) in [5.41, 5.74) is 6.48. The molecule has 5 amide bonds. The Hall–Kier alpha value is -3.43. The number of Topliss-reactive ketones (excluding diaryl/α,β-unsaturated/α-hetero) is 1. The van der Waals surface area contributed by atoms with Gasteiger partial charge in [-0.15, -0.1) is 0 Å². The standard InChI is InChI=1S/C37H55N5O5/c1-22(2)27(17-11-14-23-12-7-5-8-13-23)40-36(47)41-30(25-15-9-6-10-16-25)35(46)42-21-26-29(37(26,3)4)31(42)34(45)39-28(20-24-18-19-24)32(43)33(38)44/h5,7-8,12-13,22,24-31H,6,9-11,14-21H2,1-4H3,(H2,38,44)(H,39,45)(H2,40,41,47)/t26?,27-,28?,29+,30+,31+/m1/s1. The van der Waals surface area contributed by atoms with Gasteiger partial charge in [0, 0.05) is 12.6 Å². The highest BCUT2D eigenvalue weighted by atomic mass is 16.2. The van der Waals surface area contributed by atoms with Gasteiger partial charge in [-0.25, -0.2) is 4.79 Å². The van der Waals surface area contributed by atoms with Gasteiger partial charge in [0.05, 0.1) is 6.04 Å². The summed E-state index contributed by atoms with van der Waals surface area (Å²) in [5.74, 6) is -1.96. The number of nitrogens with one attached hydrogen (secondary N) is 3. The van der Waals surface area contributed by atoms with Gasteiger partial charge in [-0.05, 0) is 79.1 Å². The number of hydrogen-bond donors (Lipinski definition) is 4. The van der Waals surface area contributed by atoms with E-state index in [9.17, 15) is 24.0 Å². The number of benzene rings is 1. The molecule has 258 valence electrons. The number of rotatable bonds is 15. The number of piperidine rings is 1. The van der Waals surface area contributed by atoms with Crippen molar-refractivity contribution in [2.45, 2.75) is 122 Å². The molecule has 0 spiro atoms. The fourth-order valence-electron chi connectivity index (χ4n) is 8.28. The third-order valence-corrected chi connectivity index (χ3v) is 11.5. The van der Waals surface area contributed by atoms with Gasteiger partial charge in [0.25, 0.3) is 5.91 Å². The molecule has 10 nitrogen and oxygen atoms in total. The molecule has 0 radical (unpaired) electrons. The van der Waals surface area contributed by atoms with Crippen molar-refractivity contribution >= 4 is 29.5 Å². The largest absolute Gasteiger partial charge is 0.363 e. The molecule has 6 atom stereocenters. The van der Waals surface area contributed by atoms with E-state index in [1.165, 1.54) is 5.56 Å². The highest BCUT2D eigenvalue weighted by molar-refractivity contribution is 6.37. The normalized spacial score (nSPS) is 25.3. The summed E-state index contributed by atoms with van der Waals surface area (Å²) in [7, 11) is 0. The molecule has 4 aliphatic rings. The molecule has 1 aliphatic heterocycles. The Morgan fingerprint density at radius 3 is 2.23 bits per heavy atom. The Balaban J connectivity index is 1.29. The molecule has 3 saturated carbocycles. The highest BCUT2D eigenvalue weighted by Crippen LogP contribution is 2.65. The van der Waals surface area contributed by atoms with Gasteiger partial charge in [0.2, 0.25) is 17.6 Å². The predicted octanol–water partition coefficient (Wildman–Crippen LogP) is 4.10. The van der Waals surface area contributed by atoms with Crippen molar-refractivity contribution in [3.63, 3.8) is 0 Å². The average molecular weight is 650 g/mol. The molecule has 1 aromatic carbocycles. The van der Waals surface area contributed by atoms with Crippen molar-refractivity contribution < 1.29 is 24.0 Å². The molecular formula is C37H55N5O5. The first kappa shape index (κ1) is 34.9.